The second-order valence-corrected chi connectivity index (χ2v) is 12.0. The molecule has 4 bridgehead atoms. The highest BCUT2D eigenvalue weighted by molar-refractivity contribution is 6.83. The van der Waals surface area contributed by atoms with Crippen LogP contribution in [0.3, 0.4) is 0 Å². The molecule has 21 heavy (non-hydrogen) atoms. The summed E-state index contributed by atoms with van der Waals surface area (Å²) in [6.45, 7) is 0. The van der Waals surface area contributed by atoms with Gasteiger partial charge in [0.15, 0.2) is 19.9 Å². The number of rotatable bonds is 0. The van der Waals surface area contributed by atoms with E-state index in [1.165, 1.54) is 0 Å². The molecule has 0 heterocycles. The standard InChI is InChI=1S/C10Cl10O/c11-2-1(21)3(12)6(15)4(2,13)8(17)5(2,14)7(3,16)9(6,18)10(8,19)20/t2?,3?,4-,5-,6+,7+,8?,9?. The first-order valence-electron chi connectivity index (χ1n) is 5.59. The van der Waals surface area contributed by atoms with E-state index in [4.69, 9.17) is 116 Å². The van der Waals surface area contributed by atoms with Gasteiger partial charge < -0.3 is 0 Å². The van der Waals surface area contributed by atoms with Crippen molar-refractivity contribution < 1.29 is 4.79 Å². The van der Waals surface area contributed by atoms with Gasteiger partial charge in [-0.2, -0.15) is 0 Å². The van der Waals surface area contributed by atoms with Gasteiger partial charge in [-0.05, 0) is 0 Å². The summed E-state index contributed by atoms with van der Waals surface area (Å²) >= 11 is 65.7. The summed E-state index contributed by atoms with van der Waals surface area (Å²) in [5.74, 6) is -0.690. The van der Waals surface area contributed by atoms with Gasteiger partial charge in [-0.3, -0.25) is 4.79 Å². The van der Waals surface area contributed by atoms with Crippen LogP contribution >= 0.6 is 116 Å². The largest absolute Gasteiger partial charge is 0.295 e. The number of alkyl halides is 10. The zero-order valence-corrected chi connectivity index (χ0v) is 16.7. The first-order chi connectivity index (χ1) is 9.15. The second kappa shape index (κ2) is 2.96. The highest BCUT2D eigenvalue weighted by Crippen LogP contribution is 3.09. The van der Waals surface area contributed by atoms with Crippen molar-refractivity contribution in [3.8, 4) is 0 Å². The number of halogens is 10. The summed E-state index contributed by atoms with van der Waals surface area (Å²) in [6, 6.07) is 0. The Hall–Kier alpha value is 2.57. The zero-order chi connectivity index (χ0) is 16.1. The third-order valence-electron chi connectivity index (χ3n) is 6.24. The van der Waals surface area contributed by atoms with Crippen molar-refractivity contribution in [2.45, 2.75) is 43.3 Å². The summed E-state index contributed by atoms with van der Waals surface area (Å²) in [5.41, 5.74) is 0. The molecule has 0 spiro atoms. The monoisotopic (exact) mass is 486 g/mol. The maximum absolute atomic E-state index is 12.8. The average molecular weight is 491 g/mol. The first kappa shape index (κ1) is 15.8. The fraction of sp³-hybridized carbons (Fsp3) is 0.900. The minimum absolute atomic E-state index is 0.690. The van der Waals surface area contributed by atoms with Crippen molar-refractivity contribution >= 4 is 122 Å². The topological polar surface area (TPSA) is 17.1 Å². The average Bonchev–Trinajstić information content (AvgIpc) is 2.64. The van der Waals surface area contributed by atoms with E-state index in [0.29, 0.717) is 0 Å². The van der Waals surface area contributed by atoms with Gasteiger partial charge in [0, 0.05) is 0 Å². The summed E-state index contributed by atoms with van der Waals surface area (Å²) in [5, 5.41) is 0. The maximum Gasteiger partial charge on any atom is 0.182 e. The van der Waals surface area contributed by atoms with Crippen LogP contribution in [0.1, 0.15) is 0 Å². The van der Waals surface area contributed by atoms with Gasteiger partial charge in [0.05, 0.1) is 0 Å². The summed E-state index contributed by atoms with van der Waals surface area (Å²) < 4.78 is -1.94. The molecule has 6 saturated carbocycles. The fourth-order valence-electron chi connectivity index (χ4n) is 5.64. The normalized spacial score (nSPS) is 81.0. The second-order valence-electron chi connectivity index (χ2n) is 6.17. The van der Waals surface area contributed by atoms with Gasteiger partial charge in [-0.1, -0.05) is 23.2 Å². The predicted molar refractivity (Wildman–Crippen MR) is 88.1 cm³/mol. The quantitative estimate of drug-likeness (QED) is 0.453. The Morgan fingerprint density at radius 1 is 0.476 bits per heavy atom. The number of hydrogen-bond acceptors (Lipinski definition) is 1. The van der Waals surface area contributed by atoms with Crippen molar-refractivity contribution in [3.05, 3.63) is 0 Å². The molecule has 0 saturated heterocycles. The molecule has 0 N–H and O–H groups in total. The SMILES string of the molecule is O=C1C2(Cl)[C@@]3(Cl)C4(Cl)C(Cl)(Cl)C5(Cl)[C@@]3(Cl)C1(Cl)[C@@]5(Cl)[C@@]24Cl. The van der Waals surface area contributed by atoms with Crippen molar-refractivity contribution in [2.75, 3.05) is 0 Å². The molecule has 0 aromatic rings. The molecule has 6 fully saturated rings. The summed E-state index contributed by atoms with van der Waals surface area (Å²) in [6.07, 6.45) is 0. The number of ketones is 1. The van der Waals surface area contributed by atoms with E-state index < -0.39 is 49.1 Å². The lowest BCUT2D eigenvalue weighted by molar-refractivity contribution is -0.122. The predicted octanol–water partition coefficient (Wildman–Crippen LogP) is 4.62. The van der Waals surface area contributed by atoms with E-state index in [2.05, 4.69) is 0 Å². The van der Waals surface area contributed by atoms with Gasteiger partial charge >= 0.3 is 0 Å². The minimum Gasteiger partial charge on any atom is -0.295 e. The third-order valence-corrected chi connectivity index (χ3v) is 15.3. The van der Waals surface area contributed by atoms with Crippen LogP contribution in [0.25, 0.3) is 0 Å². The van der Waals surface area contributed by atoms with Gasteiger partial charge in [-0.15, -0.1) is 92.8 Å². The highest BCUT2D eigenvalue weighted by atomic mass is 35.5. The summed E-state index contributed by atoms with van der Waals surface area (Å²) in [7, 11) is 0. The fourth-order valence-corrected chi connectivity index (χ4v) is 14.0. The molecule has 11 heteroatoms. The number of Topliss-reactive ketones (excluding diaryl/α,β-unsaturated/α-hetero) is 1. The lowest BCUT2D eigenvalue weighted by atomic mass is 9.41. The Morgan fingerprint density at radius 3 is 0.952 bits per heavy atom. The Bertz CT molecular complexity index is 631. The molecule has 0 amide bonds. The van der Waals surface area contributed by atoms with Crippen molar-refractivity contribution in [1.29, 1.82) is 0 Å². The lowest BCUT2D eigenvalue weighted by Gasteiger charge is -2.80. The van der Waals surface area contributed by atoms with E-state index in [1.807, 2.05) is 0 Å². The highest BCUT2D eigenvalue weighted by Gasteiger charge is 3.30. The van der Waals surface area contributed by atoms with Crippen molar-refractivity contribution in [1.82, 2.24) is 0 Å². The Labute approximate surface area is 168 Å². The lowest BCUT2D eigenvalue weighted by Crippen LogP contribution is -3.03. The van der Waals surface area contributed by atoms with Gasteiger partial charge in [0.2, 0.25) is 0 Å². The molecule has 116 valence electrons. The Kier molecular flexibility index (Phi) is 2.23. The molecule has 0 aliphatic heterocycles. The number of carbonyl (C=O) groups excluding carboxylic acids is 1. The van der Waals surface area contributed by atoms with Crippen LogP contribution in [-0.4, -0.2) is 49.1 Å². The molecule has 0 aromatic carbocycles. The van der Waals surface area contributed by atoms with Gasteiger partial charge in [0.25, 0.3) is 0 Å². The van der Waals surface area contributed by atoms with Crippen LogP contribution in [0, 0.1) is 0 Å². The molecule has 6 aliphatic carbocycles. The molecule has 0 unspecified atom stereocenters. The molecule has 6 rings (SSSR count). The third kappa shape index (κ3) is 0.636. The molecular weight excluding hydrogens is 491 g/mol. The first-order valence-corrected chi connectivity index (χ1v) is 9.37. The molecule has 4 atom stereocenters. The van der Waals surface area contributed by atoms with E-state index in [1.54, 1.807) is 0 Å². The van der Waals surface area contributed by atoms with Crippen LogP contribution in [0.15, 0.2) is 0 Å². The molecular formula is C10Cl10O. The number of hydrogen-bond donors (Lipinski definition) is 0. The molecule has 6 aliphatic rings. The van der Waals surface area contributed by atoms with E-state index in [-0.39, 0.29) is 0 Å². The van der Waals surface area contributed by atoms with Crippen LogP contribution in [-0.2, 0) is 4.79 Å². The van der Waals surface area contributed by atoms with Crippen molar-refractivity contribution in [2.24, 2.45) is 0 Å². The molecule has 1 nitrogen and oxygen atoms in total. The maximum atomic E-state index is 12.8. The Morgan fingerprint density at radius 2 is 0.714 bits per heavy atom. The molecule has 0 aromatic heterocycles. The minimum atomic E-state index is -1.94. The van der Waals surface area contributed by atoms with Crippen LogP contribution in [0.5, 0.6) is 0 Å². The van der Waals surface area contributed by atoms with E-state index >= 15 is 0 Å². The van der Waals surface area contributed by atoms with Crippen molar-refractivity contribution in [3.63, 3.8) is 0 Å². The molecule has 0 radical (unpaired) electrons. The van der Waals surface area contributed by atoms with Crippen LogP contribution in [0.2, 0.25) is 0 Å². The van der Waals surface area contributed by atoms with Crippen LogP contribution < -0.4 is 0 Å². The Balaban J connectivity index is 2.08. The summed E-state index contributed by atoms with van der Waals surface area (Å²) in [4.78, 5) is -2.01. The van der Waals surface area contributed by atoms with E-state index in [0.717, 1.165) is 0 Å². The van der Waals surface area contributed by atoms with E-state index in [9.17, 15) is 4.79 Å². The number of carbonyl (C=O) groups is 1. The zero-order valence-electron chi connectivity index (χ0n) is 9.19. The van der Waals surface area contributed by atoms with Gasteiger partial charge in [-0.25, -0.2) is 0 Å². The smallest absolute Gasteiger partial charge is 0.182 e. The van der Waals surface area contributed by atoms with Crippen LogP contribution in [0.4, 0.5) is 0 Å². The van der Waals surface area contributed by atoms with Gasteiger partial charge in [0.1, 0.15) is 29.2 Å².